The van der Waals surface area contributed by atoms with Gasteiger partial charge in [-0.15, -0.1) is 0 Å². The second-order valence-corrected chi connectivity index (χ2v) is 3.66. The number of carboxylic acid groups (broad SMARTS) is 1. The number of hydrogen-bond acceptors (Lipinski definition) is 3. The van der Waals surface area contributed by atoms with E-state index in [1.165, 1.54) is 0 Å². The number of carboxylic acids is 1. The van der Waals surface area contributed by atoms with E-state index in [1.54, 1.807) is 6.92 Å². The van der Waals surface area contributed by atoms with Crippen LogP contribution in [-0.4, -0.2) is 46.4 Å². The molecular formula is C8H12N4O4. The van der Waals surface area contributed by atoms with Crippen molar-refractivity contribution in [2.24, 2.45) is 0 Å². The van der Waals surface area contributed by atoms with Crippen LogP contribution in [0.25, 0.3) is 0 Å². The second kappa shape index (κ2) is 3.54. The van der Waals surface area contributed by atoms with Crippen molar-refractivity contribution in [3.8, 4) is 0 Å². The standard InChI is InChI=1S/C8H12N4O4/c1-2-3(6(13)14)12-5-4(10-8(12)16)9-7(15)11-5/h3-5H,2H2,1H3,(H,10,16)(H,13,14)(H2,9,11,15)/t3-,4+,5+/m0/s1. The third kappa shape index (κ3) is 1.42. The minimum atomic E-state index is -1.08. The largest absolute Gasteiger partial charge is 0.480 e. The first-order valence-corrected chi connectivity index (χ1v) is 4.93. The van der Waals surface area contributed by atoms with Crippen LogP contribution in [0.4, 0.5) is 9.59 Å². The molecule has 2 heterocycles. The molecule has 88 valence electrons. The summed E-state index contributed by atoms with van der Waals surface area (Å²) >= 11 is 0. The summed E-state index contributed by atoms with van der Waals surface area (Å²) in [6.07, 6.45) is -0.920. The van der Waals surface area contributed by atoms with E-state index in [1.807, 2.05) is 0 Å². The van der Waals surface area contributed by atoms with Crippen LogP contribution in [0.15, 0.2) is 0 Å². The number of carbonyl (C=O) groups is 3. The fourth-order valence-electron chi connectivity index (χ4n) is 1.98. The average molecular weight is 228 g/mol. The molecule has 0 aliphatic carbocycles. The zero-order valence-corrected chi connectivity index (χ0v) is 8.56. The first kappa shape index (κ1) is 10.5. The average Bonchev–Trinajstić information content (AvgIpc) is 2.65. The van der Waals surface area contributed by atoms with Gasteiger partial charge in [-0.05, 0) is 6.42 Å². The third-order valence-corrected chi connectivity index (χ3v) is 2.70. The van der Waals surface area contributed by atoms with Crippen molar-refractivity contribution in [3.05, 3.63) is 0 Å². The lowest BCUT2D eigenvalue weighted by atomic mass is 10.2. The summed E-state index contributed by atoms with van der Waals surface area (Å²) in [6.45, 7) is 1.67. The predicted octanol–water partition coefficient (Wildman–Crippen LogP) is -1.16. The zero-order chi connectivity index (χ0) is 11.9. The van der Waals surface area contributed by atoms with E-state index in [2.05, 4.69) is 16.0 Å². The van der Waals surface area contributed by atoms with E-state index < -0.39 is 36.4 Å². The third-order valence-electron chi connectivity index (χ3n) is 2.70. The SMILES string of the molecule is CC[C@@H](C(=O)O)N1C(=O)N[C@H]2NC(=O)N[C@@H]21. The van der Waals surface area contributed by atoms with E-state index in [0.29, 0.717) is 0 Å². The fourth-order valence-corrected chi connectivity index (χ4v) is 1.98. The smallest absolute Gasteiger partial charge is 0.326 e. The van der Waals surface area contributed by atoms with Crippen LogP contribution in [0.2, 0.25) is 0 Å². The molecule has 2 aliphatic heterocycles. The van der Waals surface area contributed by atoms with Gasteiger partial charge in [0, 0.05) is 0 Å². The van der Waals surface area contributed by atoms with Crippen molar-refractivity contribution >= 4 is 18.0 Å². The Hall–Kier alpha value is -1.99. The molecule has 2 saturated heterocycles. The van der Waals surface area contributed by atoms with Crippen LogP contribution in [0.1, 0.15) is 13.3 Å². The Labute approximate surface area is 91.0 Å². The highest BCUT2D eigenvalue weighted by Crippen LogP contribution is 2.19. The highest BCUT2D eigenvalue weighted by atomic mass is 16.4. The number of nitrogens with zero attached hydrogens (tertiary/aromatic N) is 1. The Morgan fingerprint density at radius 1 is 1.44 bits per heavy atom. The van der Waals surface area contributed by atoms with Crippen LogP contribution < -0.4 is 16.0 Å². The number of carbonyl (C=O) groups excluding carboxylic acids is 2. The molecule has 2 aliphatic rings. The summed E-state index contributed by atoms with van der Waals surface area (Å²) in [5.74, 6) is -1.08. The Bertz CT molecular complexity index is 358. The van der Waals surface area contributed by atoms with E-state index >= 15 is 0 Å². The lowest BCUT2D eigenvalue weighted by Crippen LogP contribution is -2.51. The van der Waals surface area contributed by atoms with Crippen molar-refractivity contribution in [2.75, 3.05) is 0 Å². The lowest BCUT2D eigenvalue weighted by Gasteiger charge is -2.26. The number of fused-ring (bicyclic) bond motifs is 1. The summed E-state index contributed by atoms with van der Waals surface area (Å²) in [5, 5.41) is 16.5. The molecule has 0 spiro atoms. The van der Waals surface area contributed by atoms with Crippen LogP contribution >= 0.6 is 0 Å². The van der Waals surface area contributed by atoms with E-state index in [9.17, 15) is 14.4 Å². The van der Waals surface area contributed by atoms with Crippen molar-refractivity contribution in [3.63, 3.8) is 0 Å². The summed E-state index contributed by atoms with van der Waals surface area (Å²) < 4.78 is 0. The second-order valence-electron chi connectivity index (χ2n) is 3.66. The normalized spacial score (nSPS) is 29.2. The molecule has 0 aromatic heterocycles. The number of nitrogens with one attached hydrogen (secondary N) is 3. The molecular weight excluding hydrogens is 216 g/mol. The molecule has 2 fully saturated rings. The molecule has 0 radical (unpaired) electrons. The van der Waals surface area contributed by atoms with Crippen LogP contribution in [-0.2, 0) is 4.79 Å². The van der Waals surface area contributed by atoms with Gasteiger partial charge in [0.1, 0.15) is 18.4 Å². The van der Waals surface area contributed by atoms with E-state index in [0.717, 1.165) is 4.90 Å². The Kier molecular flexibility index (Phi) is 2.33. The number of urea groups is 2. The molecule has 0 saturated carbocycles. The maximum absolute atomic E-state index is 11.6. The molecule has 0 aromatic rings. The molecule has 16 heavy (non-hydrogen) atoms. The summed E-state index contributed by atoms with van der Waals surface area (Å²) in [4.78, 5) is 34.7. The van der Waals surface area contributed by atoms with Crippen molar-refractivity contribution in [2.45, 2.75) is 31.7 Å². The number of rotatable bonds is 3. The minimum absolute atomic E-state index is 0.280. The molecule has 8 nitrogen and oxygen atoms in total. The van der Waals surface area contributed by atoms with E-state index in [4.69, 9.17) is 5.11 Å². The van der Waals surface area contributed by atoms with E-state index in [-0.39, 0.29) is 6.42 Å². The number of hydrogen-bond donors (Lipinski definition) is 4. The van der Waals surface area contributed by atoms with Crippen LogP contribution in [0, 0.1) is 0 Å². The van der Waals surface area contributed by atoms with Gasteiger partial charge in [0.25, 0.3) is 0 Å². The Morgan fingerprint density at radius 3 is 2.69 bits per heavy atom. The molecule has 8 heteroatoms. The quantitative estimate of drug-likeness (QED) is 0.488. The van der Waals surface area contributed by atoms with Crippen molar-refractivity contribution < 1.29 is 19.5 Å². The first-order valence-electron chi connectivity index (χ1n) is 4.93. The summed E-state index contributed by atoms with van der Waals surface area (Å²) in [6, 6.07) is -1.84. The van der Waals surface area contributed by atoms with Gasteiger partial charge in [0.15, 0.2) is 0 Å². The first-order chi connectivity index (χ1) is 7.54. The summed E-state index contributed by atoms with van der Waals surface area (Å²) in [5.41, 5.74) is 0. The van der Waals surface area contributed by atoms with Gasteiger partial charge in [-0.25, -0.2) is 14.4 Å². The van der Waals surface area contributed by atoms with Gasteiger partial charge >= 0.3 is 18.0 Å². The molecule has 0 aromatic carbocycles. The van der Waals surface area contributed by atoms with Gasteiger partial charge in [0.05, 0.1) is 0 Å². The topological polar surface area (TPSA) is 111 Å². The molecule has 0 bridgehead atoms. The van der Waals surface area contributed by atoms with Crippen LogP contribution in [0.3, 0.4) is 0 Å². The lowest BCUT2D eigenvalue weighted by molar-refractivity contribution is -0.142. The number of amides is 4. The van der Waals surface area contributed by atoms with Crippen LogP contribution in [0.5, 0.6) is 0 Å². The Balaban J connectivity index is 2.22. The zero-order valence-electron chi connectivity index (χ0n) is 8.56. The Morgan fingerprint density at radius 2 is 2.12 bits per heavy atom. The maximum atomic E-state index is 11.6. The van der Waals surface area contributed by atoms with Gasteiger partial charge in [-0.2, -0.15) is 0 Å². The molecule has 4 N–H and O–H groups in total. The highest BCUT2D eigenvalue weighted by Gasteiger charge is 2.49. The highest BCUT2D eigenvalue weighted by molar-refractivity contribution is 5.88. The fraction of sp³-hybridized carbons (Fsp3) is 0.625. The minimum Gasteiger partial charge on any atom is -0.480 e. The van der Waals surface area contributed by atoms with Gasteiger partial charge in [-0.3, -0.25) is 4.90 Å². The molecule has 2 rings (SSSR count). The summed E-state index contributed by atoms with van der Waals surface area (Å²) in [7, 11) is 0. The maximum Gasteiger partial charge on any atom is 0.326 e. The van der Waals surface area contributed by atoms with Crippen molar-refractivity contribution in [1.82, 2.24) is 20.9 Å². The molecule has 3 atom stereocenters. The monoisotopic (exact) mass is 228 g/mol. The van der Waals surface area contributed by atoms with Gasteiger partial charge < -0.3 is 21.1 Å². The van der Waals surface area contributed by atoms with Gasteiger partial charge in [-0.1, -0.05) is 6.92 Å². The number of aliphatic carboxylic acids is 1. The molecule has 4 amide bonds. The molecule has 0 unspecified atom stereocenters. The van der Waals surface area contributed by atoms with Gasteiger partial charge in [0.2, 0.25) is 0 Å². The van der Waals surface area contributed by atoms with Crippen molar-refractivity contribution in [1.29, 1.82) is 0 Å². The predicted molar refractivity (Wildman–Crippen MR) is 51.3 cm³/mol.